The van der Waals surface area contributed by atoms with Crippen molar-refractivity contribution in [3.8, 4) is 0 Å². The maximum absolute atomic E-state index is 12.6. The first-order valence-electron chi connectivity index (χ1n) is 6.87. The third-order valence-electron chi connectivity index (χ3n) is 3.58. The molecular formula is C17H15NO2S2. The first-order valence-corrected chi connectivity index (χ1v) is 8.10. The molecule has 0 spiro atoms. The number of thiocarbonyl (C=S) groups is 1. The van der Waals surface area contributed by atoms with Gasteiger partial charge in [0.1, 0.15) is 11.5 Å². The van der Waals surface area contributed by atoms with Gasteiger partial charge in [-0.1, -0.05) is 30.0 Å². The van der Waals surface area contributed by atoms with Crippen molar-refractivity contribution in [1.29, 1.82) is 0 Å². The van der Waals surface area contributed by atoms with E-state index >= 15 is 0 Å². The zero-order valence-electron chi connectivity index (χ0n) is 12.5. The van der Waals surface area contributed by atoms with Crippen molar-refractivity contribution >= 4 is 46.0 Å². The van der Waals surface area contributed by atoms with Crippen molar-refractivity contribution in [3.05, 3.63) is 57.9 Å². The summed E-state index contributed by atoms with van der Waals surface area (Å²) in [5, 5.41) is 0. The fraction of sp³-hybridized carbons (Fsp3) is 0.176. The Morgan fingerprint density at radius 1 is 1.14 bits per heavy atom. The van der Waals surface area contributed by atoms with Crippen LogP contribution in [0.3, 0.4) is 0 Å². The van der Waals surface area contributed by atoms with Crippen LogP contribution in [0.2, 0.25) is 0 Å². The summed E-state index contributed by atoms with van der Waals surface area (Å²) in [6, 6.07) is 9.63. The highest BCUT2D eigenvalue weighted by molar-refractivity contribution is 8.27. The minimum Gasteiger partial charge on any atom is -0.462 e. The Bertz CT molecular complexity index is 805. The molecule has 0 saturated carbocycles. The van der Waals surface area contributed by atoms with Gasteiger partial charge in [0.25, 0.3) is 5.91 Å². The highest BCUT2D eigenvalue weighted by Crippen LogP contribution is 2.36. The lowest BCUT2D eigenvalue weighted by molar-refractivity contribution is -0.113. The van der Waals surface area contributed by atoms with Crippen LogP contribution < -0.4 is 4.90 Å². The highest BCUT2D eigenvalue weighted by Gasteiger charge is 2.33. The van der Waals surface area contributed by atoms with E-state index in [-0.39, 0.29) is 5.91 Å². The number of hydrogen-bond acceptors (Lipinski definition) is 4. The summed E-state index contributed by atoms with van der Waals surface area (Å²) in [6.45, 7) is 5.94. The van der Waals surface area contributed by atoms with Crippen LogP contribution >= 0.6 is 24.0 Å². The number of hydrogen-bond donors (Lipinski definition) is 0. The molecule has 0 unspecified atom stereocenters. The predicted octanol–water partition coefficient (Wildman–Crippen LogP) is 4.61. The molecule has 1 amide bonds. The third kappa shape index (κ3) is 2.74. The minimum atomic E-state index is -0.104. The van der Waals surface area contributed by atoms with Crippen molar-refractivity contribution in [3.63, 3.8) is 0 Å². The molecule has 1 saturated heterocycles. The molecule has 2 aromatic rings. The molecule has 0 bridgehead atoms. The monoisotopic (exact) mass is 329 g/mol. The van der Waals surface area contributed by atoms with Gasteiger partial charge in [-0.15, -0.1) is 0 Å². The highest BCUT2D eigenvalue weighted by atomic mass is 32.2. The molecule has 3 rings (SSSR count). The lowest BCUT2D eigenvalue weighted by Crippen LogP contribution is -2.27. The first kappa shape index (κ1) is 15.1. The number of carbonyl (C=O) groups excluding carboxylic acids is 1. The average Bonchev–Trinajstić information content (AvgIpc) is 2.98. The Morgan fingerprint density at radius 2 is 1.91 bits per heavy atom. The van der Waals surface area contributed by atoms with Crippen LogP contribution in [0, 0.1) is 20.8 Å². The van der Waals surface area contributed by atoms with E-state index in [1.54, 1.807) is 11.0 Å². The number of furan rings is 1. The largest absolute Gasteiger partial charge is 0.462 e. The van der Waals surface area contributed by atoms with E-state index in [0.717, 1.165) is 17.0 Å². The van der Waals surface area contributed by atoms with Gasteiger partial charge in [-0.05, 0) is 56.2 Å². The van der Waals surface area contributed by atoms with Gasteiger partial charge < -0.3 is 4.42 Å². The molecule has 0 aliphatic carbocycles. The summed E-state index contributed by atoms with van der Waals surface area (Å²) < 4.78 is 6.05. The molecule has 0 radical (unpaired) electrons. The molecule has 1 fully saturated rings. The summed E-state index contributed by atoms with van der Waals surface area (Å²) in [6.07, 6.45) is 1.74. The van der Waals surface area contributed by atoms with Gasteiger partial charge in [0.05, 0.1) is 10.6 Å². The van der Waals surface area contributed by atoms with Crippen LogP contribution in [0.1, 0.15) is 22.6 Å². The van der Waals surface area contributed by atoms with Gasteiger partial charge in [0.15, 0.2) is 4.32 Å². The number of benzene rings is 1. The Labute approximate surface area is 139 Å². The summed E-state index contributed by atoms with van der Waals surface area (Å²) in [5.41, 5.74) is 3.14. The van der Waals surface area contributed by atoms with Crippen molar-refractivity contribution in [2.75, 3.05) is 4.90 Å². The number of anilines is 1. The van der Waals surface area contributed by atoms with Crippen LogP contribution in [-0.4, -0.2) is 10.2 Å². The maximum Gasteiger partial charge on any atom is 0.270 e. The number of amides is 1. The normalized spacial score (nSPS) is 16.9. The summed E-state index contributed by atoms with van der Waals surface area (Å²) in [7, 11) is 0. The van der Waals surface area contributed by atoms with E-state index in [2.05, 4.69) is 0 Å². The van der Waals surface area contributed by atoms with Gasteiger partial charge in [0, 0.05) is 6.08 Å². The summed E-state index contributed by atoms with van der Waals surface area (Å²) in [5.74, 6) is 1.38. The molecule has 1 aromatic heterocycles. The molecule has 0 atom stereocenters. The van der Waals surface area contributed by atoms with Crippen LogP contribution in [0.4, 0.5) is 5.69 Å². The number of rotatable bonds is 2. The Kier molecular flexibility index (Phi) is 3.93. The topological polar surface area (TPSA) is 33.5 Å². The standard InChI is InChI=1S/C17H15NO2S2/c1-10-4-6-13(8-11(10)2)18-16(19)15(22-17(18)21)9-14-7-5-12(3)20-14/h4-9H,1-3H3. The Hall–Kier alpha value is -1.85. The van der Waals surface area contributed by atoms with Gasteiger partial charge in [0.2, 0.25) is 0 Å². The number of aryl methyl sites for hydroxylation is 3. The van der Waals surface area contributed by atoms with Gasteiger partial charge in [-0.25, -0.2) is 0 Å². The lowest BCUT2D eigenvalue weighted by atomic mass is 10.1. The zero-order valence-corrected chi connectivity index (χ0v) is 14.2. The molecule has 112 valence electrons. The fourth-order valence-corrected chi connectivity index (χ4v) is 3.49. The van der Waals surface area contributed by atoms with Crippen LogP contribution in [0.5, 0.6) is 0 Å². The number of carbonyl (C=O) groups is 1. The molecule has 22 heavy (non-hydrogen) atoms. The quantitative estimate of drug-likeness (QED) is 0.595. The van der Waals surface area contributed by atoms with Gasteiger partial charge >= 0.3 is 0 Å². The summed E-state index contributed by atoms with van der Waals surface area (Å²) >= 11 is 6.67. The maximum atomic E-state index is 12.6. The first-order chi connectivity index (χ1) is 10.5. The second-order valence-electron chi connectivity index (χ2n) is 5.23. The number of nitrogens with zero attached hydrogens (tertiary/aromatic N) is 1. The minimum absolute atomic E-state index is 0.104. The Balaban J connectivity index is 1.94. The second-order valence-corrected chi connectivity index (χ2v) is 6.91. The third-order valence-corrected chi connectivity index (χ3v) is 4.88. The van der Waals surface area contributed by atoms with E-state index in [1.165, 1.54) is 17.3 Å². The van der Waals surface area contributed by atoms with Gasteiger partial charge in [-0.3, -0.25) is 9.69 Å². The fourth-order valence-electron chi connectivity index (χ4n) is 2.22. The molecular weight excluding hydrogens is 314 g/mol. The molecule has 3 nitrogen and oxygen atoms in total. The average molecular weight is 329 g/mol. The smallest absolute Gasteiger partial charge is 0.270 e. The SMILES string of the molecule is Cc1ccc(C=C2SC(=S)N(c3ccc(C)c(C)c3)C2=O)o1. The molecule has 1 aliphatic rings. The van der Waals surface area contributed by atoms with E-state index in [4.69, 9.17) is 16.6 Å². The molecule has 5 heteroatoms. The van der Waals surface area contributed by atoms with Crippen molar-refractivity contribution < 1.29 is 9.21 Å². The second kappa shape index (κ2) is 5.74. The molecule has 2 heterocycles. The lowest BCUT2D eigenvalue weighted by Gasteiger charge is -2.15. The Morgan fingerprint density at radius 3 is 2.55 bits per heavy atom. The van der Waals surface area contributed by atoms with Gasteiger partial charge in [-0.2, -0.15) is 0 Å². The zero-order chi connectivity index (χ0) is 15.9. The van der Waals surface area contributed by atoms with E-state index in [1.807, 2.05) is 51.1 Å². The van der Waals surface area contributed by atoms with Crippen molar-refractivity contribution in [2.24, 2.45) is 0 Å². The predicted molar refractivity (Wildman–Crippen MR) is 95.0 cm³/mol. The number of thioether (sulfide) groups is 1. The molecule has 1 aromatic carbocycles. The van der Waals surface area contributed by atoms with Crippen LogP contribution in [0.25, 0.3) is 6.08 Å². The molecule has 0 N–H and O–H groups in total. The van der Waals surface area contributed by atoms with Crippen LogP contribution in [-0.2, 0) is 4.79 Å². The van der Waals surface area contributed by atoms with E-state index in [9.17, 15) is 4.79 Å². The molecule has 1 aliphatic heterocycles. The van der Waals surface area contributed by atoms with Crippen LogP contribution in [0.15, 0.2) is 39.7 Å². The van der Waals surface area contributed by atoms with E-state index in [0.29, 0.717) is 15.0 Å². The van der Waals surface area contributed by atoms with Crippen molar-refractivity contribution in [2.45, 2.75) is 20.8 Å². The summed E-state index contributed by atoms with van der Waals surface area (Å²) in [4.78, 5) is 14.8. The van der Waals surface area contributed by atoms with E-state index < -0.39 is 0 Å². The van der Waals surface area contributed by atoms with Crippen molar-refractivity contribution in [1.82, 2.24) is 0 Å².